The van der Waals surface area contributed by atoms with E-state index in [1.54, 1.807) is 30.1 Å². The van der Waals surface area contributed by atoms with Gasteiger partial charge in [-0.3, -0.25) is 9.69 Å². The van der Waals surface area contributed by atoms with Crippen molar-refractivity contribution in [3.8, 4) is 0 Å². The van der Waals surface area contributed by atoms with E-state index in [2.05, 4.69) is 10.2 Å². The molecule has 1 saturated heterocycles. The Labute approximate surface area is 132 Å². The van der Waals surface area contributed by atoms with Gasteiger partial charge in [0.05, 0.1) is 6.54 Å². The van der Waals surface area contributed by atoms with E-state index >= 15 is 0 Å². The molecular weight excluding hydrogens is 281 g/mol. The maximum absolute atomic E-state index is 13.7. The van der Waals surface area contributed by atoms with Crippen LogP contribution in [-0.4, -0.2) is 56.0 Å². The fraction of sp³-hybridized carbons (Fsp3) is 0.588. The molecule has 1 aromatic rings. The van der Waals surface area contributed by atoms with Crippen molar-refractivity contribution in [2.75, 3.05) is 40.3 Å². The van der Waals surface area contributed by atoms with Crippen molar-refractivity contribution in [1.82, 2.24) is 15.1 Å². The van der Waals surface area contributed by atoms with Crippen molar-refractivity contribution in [2.24, 2.45) is 5.92 Å². The van der Waals surface area contributed by atoms with Crippen molar-refractivity contribution in [3.63, 3.8) is 0 Å². The third kappa shape index (κ3) is 4.78. The zero-order valence-electron chi connectivity index (χ0n) is 13.5. The number of nitrogens with zero attached hydrogens (tertiary/aromatic N) is 2. The van der Waals surface area contributed by atoms with Crippen molar-refractivity contribution in [3.05, 3.63) is 35.6 Å². The molecule has 1 heterocycles. The van der Waals surface area contributed by atoms with Crippen LogP contribution in [0.5, 0.6) is 0 Å². The Morgan fingerprint density at radius 1 is 1.45 bits per heavy atom. The molecule has 0 radical (unpaired) electrons. The number of nitrogens with one attached hydrogen (secondary N) is 1. The van der Waals surface area contributed by atoms with E-state index < -0.39 is 0 Å². The van der Waals surface area contributed by atoms with Crippen LogP contribution in [0.15, 0.2) is 24.3 Å². The van der Waals surface area contributed by atoms with E-state index in [9.17, 15) is 9.18 Å². The number of piperidine rings is 1. The summed E-state index contributed by atoms with van der Waals surface area (Å²) in [6.07, 6.45) is 2.35. The molecule has 0 bridgehead atoms. The standard InChI is InChI=1S/C17H26FN3O/c1-19-10-14-6-5-9-21(11-14)13-17(22)20(2)12-15-7-3-4-8-16(15)18/h3-4,7-8,14,19H,5-6,9-13H2,1-2H3. The van der Waals surface area contributed by atoms with Crippen molar-refractivity contribution in [2.45, 2.75) is 19.4 Å². The molecule has 122 valence electrons. The van der Waals surface area contributed by atoms with Crippen LogP contribution in [0.25, 0.3) is 0 Å². The SMILES string of the molecule is CNCC1CCCN(CC(=O)N(C)Cc2ccccc2F)C1. The maximum Gasteiger partial charge on any atom is 0.236 e. The largest absolute Gasteiger partial charge is 0.340 e. The molecule has 0 aliphatic carbocycles. The van der Waals surface area contributed by atoms with E-state index in [1.807, 2.05) is 7.05 Å². The minimum absolute atomic E-state index is 0.0494. The Bertz CT molecular complexity index is 493. The Morgan fingerprint density at radius 3 is 2.95 bits per heavy atom. The average Bonchev–Trinajstić information content (AvgIpc) is 2.50. The van der Waals surface area contributed by atoms with Crippen LogP contribution >= 0.6 is 0 Å². The minimum atomic E-state index is -0.255. The fourth-order valence-corrected chi connectivity index (χ4v) is 3.03. The highest BCUT2D eigenvalue weighted by molar-refractivity contribution is 5.78. The molecule has 1 amide bonds. The van der Waals surface area contributed by atoms with Crippen LogP contribution < -0.4 is 5.32 Å². The molecule has 1 N–H and O–H groups in total. The van der Waals surface area contributed by atoms with E-state index in [1.165, 1.54) is 12.5 Å². The number of carbonyl (C=O) groups excluding carboxylic acids is 1. The van der Waals surface area contributed by atoms with Crippen LogP contribution in [0.4, 0.5) is 4.39 Å². The van der Waals surface area contributed by atoms with Crippen LogP contribution in [0.3, 0.4) is 0 Å². The summed E-state index contributed by atoms with van der Waals surface area (Å²) in [5.41, 5.74) is 0.560. The van der Waals surface area contributed by atoms with Gasteiger partial charge in [0.1, 0.15) is 5.82 Å². The van der Waals surface area contributed by atoms with Gasteiger partial charge < -0.3 is 10.2 Å². The molecule has 0 aromatic heterocycles. The second kappa shape index (κ2) is 8.25. The lowest BCUT2D eigenvalue weighted by Gasteiger charge is -2.33. The molecule has 4 nitrogen and oxygen atoms in total. The molecule has 1 unspecified atom stereocenters. The highest BCUT2D eigenvalue weighted by atomic mass is 19.1. The normalized spacial score (nSPS) is 19.1. The van der Waals surface area contributed by atoms with Crippen LogP contribution in [0.2, 0.25) is 0 Å². The monoisotopic (exact) mass is 307 g/mol. The molecule has 0 spiro atoms. The Morgan fingerprint density at radius 2 is 2.23 bits per heavy atom. The summed E-state index contributed by atoms with van der Waals surface area (Å²) in [6.45, 7) is 3.67. The number of rotatable bonds is 6. The highest BCUT2D eigenvalue weighted by Crippen LogP contribution is 2.16. The molecule has 1 fully saturated rings. The molecule has 1 aliphatic heterocycles. The van der Waals surface area contributed by atoms with Crippen molar-refractivity contribution in [1.29, 1.82) is 0 Å². The number of benzene rings is 1. The predicted octanol–water partition coefficient (Wildman–Crippen LogP) is 1.72. The zero-order chi connectivity index (χ0) is 15.9. The third-order valence-corrected chi connectivity index (χ3v) is 4.25. The van der Waals surface area contributed by atoms with E-state index in [4.69, 9.17) is 0 Å². The Kier molecular flexibility index (Phi) is 6.34. The zero-order valence-corrected chi connectivity index (χ0v) is 13.5. The summed E-state index contributed by atoms with van der Waals surface area (Å²) in [6, 6.07) is 6.61. The van der Waals surface area contributed by atoms with Gasteiger partial charge in [-0.1, -0.05) is 18.2 Å². The first-order chi connectivity index (χ1) is 10.6. The van der Waals surface area contributed by atoms with Gasteiger partial charge in [-0.05, 0) is 45.0 Å². The van der Waals surface area contributed by atoms with Gasteiger partial charge >= 0.3 is 0 Å². The lowest BCUT2D eigenvalue weighted by molar-refractivity contribution is -0.132. The molecule has 5 heteroatoms. The number of likely N-dealkylation sites (tertiary alicyclic amines) is 1. The fourth-order valence-electron chi connectivity index (χ4n) is 3.03. The Hall–Kier alpha value is -1.46. The van der Waals surface area contributed by atoms with Gasteiger partial charge in [-0.2, -0.15) is 0 Å². The second-order valence-electron chi connectivity index (χ2n) is 6.14. The summed E-state index contributed by atoms with van der Waals surface area (Å²) in [7, 11) is 3.70. The van der Waals surface area contributed by atoms with Gasteiger partial charge in [0.25, 0.3) is 0 Å². The third-order valence-electron chi connectivity index (χ3n) is 4.25. The first kappa shape index (κ1) is 16.9. The van der Waals surface area contributed by atoms with Gasteiger partial charge in [0.2, 0.25) is 5.91 Å². The van der Waals surface area contributed by atoms with E-state index in [0.29, 0.717) is 24.6 Å². The number of hydrogen-bond acceptors (Lipinski definition) is 3. The highest BCUT2D eigenvalue weighted by Gasteiger charge is 2.22. The smallest absolute Gasteiger partial charge is 0.236 e. The number of halogens is 1. The number of carbonyl (C=O) groups is 1. The molecule has 22 heavy (non-hydrogen) atoms. The molecule has 1 aliphatic rings. The molecule has 1 atom stereocenters. The molecular formula is C17H26FN3O. The molecule has 2 rings (SSSR count). The quantitative estimate of drug-likeness (QED) is 0.869. The summed E-state index contributed by atoms with van der Waals surface area (Å²) in [5.74, 6) is 0.408. The summed E-state index contributed by atoms with van der Waals surface area (Å²) < 4.78 is 13.7. The van der Waals surface area contributed by atoms with Crippen LogP contribution in [0.1, 0.15) is 18.4 Å². The van der Waals surface area contributed by atoms with Gasteiger partial charge in [-0.15, -0.1) is 0 Å². The van der Waals surface area contributed by atoms with Gasteiger partial charge in [0, 0.05) is 25.7 Å². The van der Waals surface area contributed by atoms with Crippen LogP contribution in [-0.2, 0) is 11.3 Å². The lowest BCUT2D eigenvalue weighted by atomic mass is 9.98. The van der Waals surface area contributed by atoms with Gasteiger partial charge in [-0.25, -0.2) is 4.39 Å². The topological polar surface area (TPSA) is 35.6 Å². The first-order valence-corrected chi connectivity index (χ1v) is 7.94. The Balaban J connectivity index is 1.84. The predicted molar refractivity (Wildman–Crippen MR) is 86.0 cm³/mol. The summed E-state index contributed by atoms with van der Waals surface area (Å²) in [4.78, 5) is 16.2. The molecule has 1 aromatic carbocycles. The number of hydrogen-bond donors (Lipinski definition) is 1. The minimum Gasteiger partial charge on any atom is -0.340 e. The number of likely N-dealkylation sites (N-methyl/N-ethyl adjacent to an activating group) is 1. The second-order valence-corrected chi connectivity index (χ2v) is 6.14. The van der Waals surface area contributed by atoms with E-state index in [-0.39, 0.29) is 11.7 Å². The first-order valence-electron chi connectivity index (χ1n) is 7.94. The summed E-state index contributed by atoms with van der Waals surface area (Å²) >= 11 is 0. The van der Waals surface area contributed by atoms with Gasteiger partial charge in [0.15, 0.2) is 0 Å². The average molecular weight is 307 g/mol. The summed E-state index contributed by atoms with van der Waals surface area (Å²) in [5, 5.41) is 3.21. The number of amides is 1. The van der Waals surface area contributed by atoms with E-state index in [0.717, 1.165) is 26.1 Å². The molecule has 0 saturated carbocycles. The lowest BCUT2D eigenvalue weighted by Crippen LogP contribution is -2.44. The van der Waals surface area contributed by atoms with Crippen molar-refractivity contribution >= 4 is 5.91 Å². The maximum atomic E-state index is 13.7. The van der Waals surface area contributed by atoms with Crippen molar-refractivity contribution < 1.29 is 9.18 Å². The van der Waals surface area contributed by atoms with Crippen LogP contribution in [0, 0.1) is 11.7 Å².